The number of halogens is 3. The number of aromatic amines is 1. The highest BCUT2D eigenvalue weighted by atomic mass is 35.5. The van der Waals surface area contributed by atoms with Crippen LogP contribution < -0.4 is 5.32 Å². The third-order valence-electron chi connectivity index (χ3n) is 4.30. The van der Waals surface area contributed by atoms with Gasteiger partial charge in [-0.1, -0.05) is 6.92 Å². The number of nitrogens with one attached hydrogen (secondary N) is 2. The molecule has 0 saturated carbocycles. The lowest BCUT2D eigenvalue weighted by Crippen LogP contribution is -2.40. The van der Waals surface area contributed by atoms with Gasteiger partial charge in [0.25, 0.3) is 5.91 Å². The number of amides is 1. The van der Waals surface area contributed by atoms with E-state index in [1.165, 1.54) is 18.5 Å². The molecule has 1 saturated heterocycles. The highest BCUT2D eigenvalue weighted by molar-refractivity contribution is 6.04. The molecule has 8 heteroatoms. The van der Waals surface area contributed by atoms with Gasteiger partial charge in [-0.15, -0.1) is 24.8 Å². The van der Waals surface area contributed by atoms with Gasteiger partial charge in [0.1, 0.15) is 11.3 Å². The van der Waals surface area contributed by atoms with Crippen LogP contribution in [0.15, 0.2) is 18.5 Å². The fourth-order valence-corrected chi connectivity index (χ4v) is 3.04. The lowest BCUT2D eigenvalue weighted by molar-refractivity contribution is 0.0691. The van der Waals surface area contributed by atoms with Gasteiger partial charge in [-0.25, -0.2) is 9.37 Å². The van der Waals surface area contributed by atoms with Gasteiger partial charge in [0, 0.05) is 13.1 Å². The Hall–Kier alpha value is -1.37. The number of hydrogen-bond acceptors (Lipinski definition) is 3. The van der Waals surface area contributed by atoms with Crippen LogP contribution in [0.4, 0.5) is 4.39 Å². The molecule has 2 N–H and O–H groups in total. The van der Waals surface area contributed by atoms with E-state index in [-0.39, 0.29) is 30.7 Å². The molecule has 0 bridgehead atoms. The van der Waals surface area contributed by atoms with E-state index in [0.29, 0.717) is 22.5 Å². The predicted octanol–water partition coefficient (Wildman–Crippen LogP) is 3.01. The van der Waals surface area contributed by atoms with Crippen LogP contribution in [0.1, 0.15) is 30.1 Å². The Balaban J connectivity index is 0.00000144. The molecule has 2 aromatic rings. The fourth-order valence-electron chi connectivity index (χ4n) is 3.04. The van der Waals surface area contributed by atoms with Gasteiger partial charge in [0.15, 0.2) is 0 Å². The topological polar surface area (TPSA) is 61.0 Å². The first kappa shape index (κ1) is 20.7. The van der Waals surface area contributed by atoms with Crippen molar-refractivity contribution in [1.82, 2.24) is 20.2 Å². The maximum Gasteiger partial charge on any atom is 0.256 e. The van der Waals surface area contributed by atoms with Crippen molar-refractivity contribution < 1.29 is 9.18 Å². The van der Waals surface area contributed by atoms with E-state index in [1.54, 1.807) is 0 Å². The van der Waals surface area contributed by atoms with Gasteiger partial charge in [-0.05, 0) is 44.0 Å². The summed E-state index contributed by atoms with van der Waals surface area (Å²) in [6.07, 6.45) is 3.46. The van der Waals surface area contributed by atoms with Crippen LogP contribution in [0.5, 0.6) is 0 Å². The minimum Gasteiger partial charge on any atom is -0.344 e. The van der Waals surface area contributed by atoms with E-state index in [9.17, 15) is 9.18 Å². The van der Waals surface area contributed by atoms with Crippen LogP contribution in [-0.4, -0.2) is 47.0 Å². The minimum absolute atomic E-state index is 0. The second kappa shape index (κ2) is 9.20. The lowest BCUT2D eigenvalue weighted by atomic mass is 9.96. The number of rotatable bonds is 4. The summed E-state index contributed by atoms with van der Waals surface area (Å²) in [7, 11) is 0. The van der Waals surface area contributed by atoms with Crippen molar-refractivity contribution in [2.45, 2.75) is 19.8 Å². The number of aromatic nitrogens is 2. The van der Waals surface area contributed by atoms with Gasteiger partial charge in [-0.3, -0.25) is 4.79 Å². The van der Waals surface area contributed by atoms with Crippen LogP contribution in [-0.2, 0) is 0 Å². The summed E-state index contributed by atoms with van der Waals surface area (Å²) in [5.74, 6) is 0.0718. The van der Waals surface area contributed by atoms with Crippen LogP contribution in [0, 0.1) is 11.7 Å². The van der Waals surface area contributed by atoms with E-state index in [1.807, 2.05) is 4.90 Å². The largest absolute Gasteiger partial charge is 0.344 e. The molecule has 1 aromatic heterocycles. The van der Waals surface area contributed by atoms with E-state index in [4.69, 9.17) is 0 Å². The van der Waals surface area contributed by atoms with Crippen molar-refractivity contribution in [3.63, 3.8) is 0 Å². The first-order valence-electron chi connectivity index (χ1n) is 7.81. The van der Waals surface area contributed by atoms with Gasteiger partial charge in [0.05, 0.1) is 17.4 Å². The maximum absolute atomic E-state index is 13.7. The smallest absolute Gasteiger partial charge is 0.256 e. The Morgan fingerprint density at radius 3 is 2.75 bits per heavy atom. The quantitative estimate of drug-likeness (QED) is 0.861. The second-order valence-corrected chi connectivity index (χ2v) is 5.80. The SMILES string of the molecule is CCNCC1CCN(C(=O)c2cc(F)cc3[nH]cnc23)CC1.Cl.Cl. The zero-order valence-corrected chi connectivity index (χ0v) is 15.2. The number of benzene rings is 1. The molecule has 0 aliphatic carbocycles. The average molecular weight is 377 g/mol. The number of fused-ring (bicyclic) bond motifs is 1. The Morgan fingerprint density at radius 1 is 1.38 bits per heavy atom. The first-order valence-corrected chi connectivity index (χ1v) is 7.81. The van der Waals surface area contributed by atoms with Crippen LogP contribution >= 0.6 is 24.8 Å². The molecule has 1 aliphatic rings. The van der Waals surface area contributed by atoms with E-state index in [2.05, 4.69) is 22.2 Å². The first-order chi connectivity index (χ1) is 10.7. The van der Waals surface area contributed by atoms with Crippen molar-refractivity contribution >= 4 is 41.8 Å². The molecule has 0 radical (unpaired) electrons. The van der Waals surface area contributed by atoms with Crippen molar-refractivity contribution in [2.75, 3.05) is 26.2 Å². The molecule has 2 heterocycles. The Kier molecular flexibility index (Phi) is 7.93. The number of nitrogens with zero attached hydrogens (tertiary/aromatic N) is 2. The van der Waals surface area contributed by atoms with Crippen LogP contribution in [0.2, 0.25) is 0 Å². The molecule has 1 fully saturated rings. The van der Waals surface area contributed by atoms with E-state index >= 15 is 0 Å². The highest BCUT2D eigenvalue weighted by Crippen LogP contribution is 2.22. The number of piperidine rings is 1. The summed E-state index contributed by atoms with van der Waals surface area (Å²) in [4.78, 5) is 21.5. The maximum atomic E-state index is 13.7. The van der Waals surface area contributed by atoms with Crippen LogP contribution in [0.3, 0.4) is 0 Å². The molecule has 1 aliphatic heterocycles. The van der Waals surface area contributed by atoms with E-state index < -0.39 is 5.82 Å². The molecule has 0 atom stereocenters. The third kappa shape index (κ3) is 4.37. The third-order valence-corrected chi connectivity index (χ3v) is 4.30. The Labute approximate surface area is 153 Å². The van der Waals surface area contributed by atoms with E-state index in [0.717, 1.165) is 39.0 Å². The minimum atomic E-state index is -0.415. The zero-order valence-electron chi connectivity index (χ0n) is 13.5. The molecule has 0 spiro atoms. The summed E-state index contributed by atoms with van der Waals surface area (Å²) < 4.78 is 13.7. The Morgan fingerprint density at radius 2 is 2.08 bits per heavy atom. The normalized spacial score (nSPS) is 15.0. The van der Waals surface area contributed by atoms with Gasteiger partial charge >= 0.3 is 0 Å². The van der Waals surface area contributed by atoms with Crippen molar-refractivity contribution in [1.29, 1.82) is 0 Å². The predicted molar refractivity (Wildman–Crippen MR) is 97.7 cm³/mol. The zero-order chi connectivity index (χ0) is 15.5. The molecule has 3 rings (SSSR count). The van der Waals surface area contributed by atoms with Crippen molar-refractivity contribution in [3.05, 3.63) is 29.8 Å². The summed E-state index contributed by atoms with van der Waals surface area (Å²) in [6, 6.07) is 2.65. The van der Waals surface area contributed by atoms with Crippen LogP contribution in [0.25, 0.3) is 11.0 Å². The molecular weight excluding hydrogens is 354 g/mol. The van der Waals surface area contributed by atoms with Gasteiger partial charge < -0.3 is 15.2 Å². The molecule has 1 aromatic carbocycles. The monoisotopic (exact) mass is 376 g/mol. The van der Waals surface area contributed by atoms with Crippen molar-refractivity contribution in [3.8, 4) is 0 Å². The number of imidazole rings is 1. The molecular formula is C16H23Cl2FN4O. The molecule has 24 heavy (non-hydrogen) atoms. The number of H-pyrrole nitrogens is 1. The number of carbonyl (C=O) groups excluding carboxylic acids is 1. The number of likely N-dealkylation sites (tertiary alicyclic amines) is 1. The van der Waals surface area contributed by atoms with Crippen molar-refractivity contribution in [2.24, 2.45) is 5.92 Å². The highest BCUT2D eigenvalue weighted by Gasteiger charge is 2.25. The standard InChI is InChI=1S/C16H21FN4O.2ClH/c1-2-18-9-11-3-5-21(6-4-11)16(22)13-7-12(17)8-14-15(13)20-10-19-14;;/h7-8,10-11,18H,2-6,9H2,1H3,(H,19,20);2*1H. The molecule has 5 nitrogen and oxygen atoms in total. The van der Waals surface area contributed by atoms with Gasteiger partial charge in [0.2, 0.25) is 0 Å². The Bertz CT molecular complexity index is 671. The fraction of sp³-hybridized carbons (Fsp3) is 0.500. The summed E-state index contributed by atoms with van der Waals surface area (Å²) >= 11 is 0. The number of hydrogen-bond donors (Lipinski definition) is 2. The molecule has 1 amide bonds. The summed E-state index contributed by atoms with van der Waals surface area (Å²) in [6.45, 7) is 5.51. The summed E-state index contributed by atoms with van der Waals surface area (Å²) in [5.41, 5.74) is 1.45. The molecule has 134 valence electrons. The second-order valence-electron chi connectivity index (χ2n) is 5.80. The number of carbonyl (C=O) groups is 1. The molecule has 0 unspecified atom stereocenters. The van der Waals surface area contributed by atoms with Gasteiger partial charge in [-0.2, -0.15) is 0 Å². The lowest BCUT2D eigenvalue weighted by Gasteiger charge is -2.32. The average Bonchev–Trinajstić information content (AvgIpc) is 3.00. The summed E-state index contributed by atoms with van der Waals surface area (Å²) in [5, 5.41) is 3.35.